The molecule has 1 aromatic heterocycles. The van der Waals surface area contributed by atoms with Gasteiger partial charge in [-0.25, -0.2) is 4.79 Å². The van der Waals surface area contributed by atoms with Gasteiger partial charge in [0.2, 0.25) is 0 Å². The van der Waals surface area contributed by atoms with Crippen molar-refractivity contribution in [3.05, 3.63) is 118 Å². The number of benzene rings is 3. The summed E-state index contributed by atoms with van der Waals surface area (Å²) in [5.74, 6) is 5.42. The highest BCUT2D eigenvalue weighted by Gasteiger charge is 2.05. The molecule has 0 fully saturated rings. The number of nitrogens with zero attached hydrogens (tertiary/aromatic N) is 1. The molecule has 0 saturated carbocycles. The van der Waals surface area contributed by atoms with Crippen molar-refractivity contribution in [3.63, 3.8) is 0 Å². The van der Waals surface area contributed by atoms with Crippen molar-refractivity contribution < 1.29 is 9.90 Å². The van der Waals surface area contributed by atoms with Crippen LogP contribution in [-0.2, 0) is 13.0 Å². The predicted octanol–water partition coefficient (Wildman–Crippen LogP) is 4.34. The highest BCUT2D eigenvalue weighted by molar-refractivity contribution is 5.87. The molecule has 146 valence electrons. The van der Waals surface area contributed by atoms with Gasteiger partial charge in [-0.15, -0.1) is 0 Å². The fourth-order valence-electron chi connectivity index (χ4n) is 3.26. The van der Waals surface area contributed by atoms with Crippen LogP contribution in [0.25, 0.3) is 10.8 Å². The third kappa shape index (κ3) is 4.48. The molecule has 1 N–H and O–H groups in total. The zero-order chi connectivity index (χ0) is 20.9. The highest BCUT2D eigenvalue weighted by Crippen LogP contribution is 2.15. The molecule has 0 unspecified atom stereocenters. The van der Waals surface area contributed by atoms with Crippen molar-refractivity contribution in [1.82, 2.24) is 4.57 Å². The van der Waals surface area contributed by atoms with Gasteiger partial charge in [0, 0.05) is 24.2 Å². The molecule has 0 spiro atoms. The summed E-state index contributed by atoms with van der Waals surface area (Å²) in [5, 5.41) is 10.8. The summed E-state index contributed by atoms with van der Waals surface area (Å²) in [6.45, 7) is 0.374. The molecule has 4 heteroatoms. The third-order valence-electron chi connectivity index (χ3n) is 4.87. The third-order valence-corrected chi connectivity index (χ3v) is 4.87. The quantitative estimate of drug-likeness (QED) is 0.525. The first-order valence-electron chi connectivity index (χ1n) is 9.58. The minimum absolute atomic E-state index is 0.104. The Hall–Kier alpha value is -4.10. The van der Waals surface area contributed by atoms with Crippen LogP contribution in [0.4, 0.5) is 0 Å². The van der Waals surface area contributed by atoms with E-state index in [4.69, 9.17) is 5.11 Å². The molecule has 3 aromatic carbocycles. The zero-order valence-electron chi connectivity index (χ0n) is 16.2. The molecule has 0 amide bonds. The molecule has 0 radical (unpaired) electrons. The lowest BCUT2D eigenvalue weighted by atomic mass is 10.1. The van der Waals surface area contributed by atoms with Crippen LogP contribution in [0, 0.1) is 11.8 Å². The molecule has 0 bridgehead atoms. The van der Waals surface area contributed by atoms with Crippen LogP contribution in [0.1, 0.15) is 27.0 Å². The van der Waals surface area contributed by atoms with E-state index in [0.29, 0.717) is 13.0 Å². The number of pyridine rings is 1. The number of carboxylic acid groups (broad SMARTS) is 1. The molecule has 4 nitrogen and oxygen atoms in total. The molecule has 4 rings (SSSR count). The van der Waals surface area contributed by atoms with Crippen LogP contribution in [0.5, 0.6) is 0 Å². The SMILES string of the molecule is O=C(O)c1ccc(Cn2cc3cc(C#CCc4ccccc4)ccc3cc2=O)cc1. The molecule has 0 aliphatic rings. The predicted molar refractivity (Wildman–Crippen MR) is 118 cm³/mol. The van der Waals surface area contributed by atoms with Gasteiger partial charge in [0.15, 0.2) is 0 Å². The lowest BCUT2D eigenvalue weighted by Gasteiger charge is -2.08. The Morgan fingerprint density at radius 1 is 0.867 bits per heavy atom. The number of rotatable bonds is 4. The van der Waals surface area contributed by atoms with E-state index in [0.717, 1.165) is 21.9 Å². The number of hydrogen-bond acceptors (Lipinski definition) is 2. The van der Waals surface area contributed by atoms with Crippen molar-refractivity contribution in [2.75, 3.05) is 0 Å². The summed E-state index contributed by atoms with van der Waals surface area (Å²) >= 11 is 0. The minimum Gasteiger partial charge on any atom is -0.478 e. The molecule has 0 atom stereocenters. The molecule has 0 aliphatic carbocycles. The van der Waals surface area contributed by atoms with E-state index in [2.05, 4.69) is 24.0 Å². The Labute approximate surface area is 174 Å². The molecule has 30 heavy (non-hydrogen) atoms. The van der Waals surface area contributed by atoms with Gasteiger partial charge in [-0.2, -0.15) is 0 Å². The monoisotopic (exact) mass is 393 g/mol. The second-order valence-electron chi connectivity index (χ2n) is 7.05. The normalized spacial score (nSPS) is 10.4. The van der Waals surface area contributed by atoms with Gasteiger partial charge in [0.25, 0.3) is 5.56 Å². The number of aromatic carboxylic acids is 1. The maximum atomic E-state index is 12.5. The fourth-order valence-corrected chi connectivity index (χ4v) is 3.26. The maximum Gasteiger partial charge on any atom is 0.335 e. The largest absolute Gasteiger partial charge is 0.478 e. The number of fused-ring (bicyclic) bond motifs is 1. The molecule has 1 heterocycles. The summed E-state index contributed by atoms with van der Waals surface area (Å²) in [6.07, 6.45) is 2.51. The van der Waals surface area contributed by atoms with E-state index in [1.807, 2.05) is 42.6 Å². The van der Waals surface area contributed by atoms with Gasteiger partial charge >= 0.3 is 5.97 Å². The van der Waals surface area contributed by atoms with Crippen LogP contribution in [0.2, 0.25) is 0 Å². The second-order valence-corrected chi connectivity index (χ2v) is 7.05. The summed E-state index contributed by atoms with van der Waals surface area (Å²) in [5.41, 5.74) is 3.05. The van der Waals surface area contributed by atoms with Crippen LogP contribution in [-0.4, -0.2) is 15.6 Å². The zero-order valence-corrected chi connectivity index (χ0v) is 16.2. The standard InChI is InChI=1S/C26H19NO3/c28-25-16-23-14-9-20(8-4-7-19-5-2-1-3-6-19)15-24(23)18-27(25)17-21-10-12-22(13-11-21)26(29)30/h1-3,5-6,9-16,18H,7,17H2,(H,29,30). The minimum atomic E-state index is -0.967. The van der Waals surface area contributed by atoms with E-state index in [9.17, 15) is 9.59 Å². The summed E-state index contributed by atoms with van der Waals surface area (Å²) in [6, 6.07) is 24.1. The van der Waals surface area contributed by atoms with E-state index in [1.165, 1.54) is 5.56 Å². The number of hydrogen-bond donors (Lipinski definition) is 1. The molecule has 4 aromatic rings. The molecular formula is C26H19NO3. The fraction of sp³-hybridized carbons (Fsp3) is 0.0769. The first-order chi connectivity index (χ1) is 14.6. The van der Waals surface area contributed by atoms with Crippen molar-refractivity contribution in [1.29, 1.82) is 0 Å². The highest BCUT2D eigenvalue weighted by atomic mass is 16.4. The summed E-state index contributed by atoms with van der Waals surface area (Å²) in [4.78, 5) is 23.5. The average Bonchev–Trinajstić information content (AvgIpc) is 2.75. The molecule has 0 saturated heterocycles. The van der Waals surface area contributed by atoms with Crippen molar-refractivity contribution in [2.24, 2.45) is 0 Å². The van der Waals surface area contributed by atoms with Crippen LogP contribution in [0.3, 0.4) is 0 Å². The number of carboxylic acids is 1. The number of carbonyl (C=O) groups is 1. The Kier molecular flexibility index (Phi) is 5.45. The number of aromatic nitrogens is 1. The van der Waals surface area contributed by atoms with E-state index >= 15 is 0 Å². The van der Waals surface area contributed by atoms with Crippen LogP contribution >= 0.6 is 0 Å². The summed E-state index contributed by atoms with van der Waals surface area (Å²) in [7, 11) is 0. The molecule has 0 aliphatic heterocycles. The van der Waals surface area contributed by atoms with Crippen molar-refractivity contribution in [3.8, 4) is 11.8 Å². The van der Waals surface area contributed by atoms with E-state index in [1.54, 1.807) is 34.9 Å². The average molecular weight is 393 g/mol. The van der Waals surface area contributed by atoms with E-state index < -0.39 is 5.97 Å². The lowest BCUT2D eigenvalue weighted by Crippen LogP contribution is -2.19. The van der Waals surface area contributed by atoms with Gasteiger partial charge in [-0.05, 0) is 46.2 Å². The van der Waals surface area contributed by atoms with Gasteiger partial charge in [0.05, 0.1) is 12.1 Å². The Morgan fingerprint density at radius 2 is 1.63 bits per heavy atom. The van der Waals surface area contributed by atoms with Gasteiger partial charge in [-0.3, -0.25) is 4.79 Å². The first-order valence-corrected chi connectivity index (χ1v) is 9.58. The summed E-state index contributed by atoms with van der Waals surface area (Å²) < 4.78 is 1.62. The van der Waals surface area contributed by atoms with Crippen molar-refractivity contribution >= 4 is 16.7 Å². The Morgan fingerprint density at radius 3 is 2.37 bits per heavy atom. The van der Waals surface area contributed by atoms with Crippen molar-refractivity contribution in [2.45, 2.75) is 13.0 Å². The topological polar surface area (TPSA) is 59.3 Å². The molecular weight excluding hydrogens is 374 g/mol. The smallest absolute Gasteiger partial charge is 0.335 e. The maximum absolute atomic E-state index is 12.5. The lowest BCUT2D eigenvalue weighted by molar-refractivity contribution is 0.0697. The Balaban J connectivity index is 1.58. The first kappa shape index (κ1) is 19.2. The van der Waals surface area contributed by atoms with Gasteiger partial charge in [0.1, 0.15) is 0 Å². The van der Waals surface area contributed by atoms with E-state index in [-0.39, 0.29) is 11.1 Å². The van der Waals surface area contributed by atoms with Gasteiger partial charge in [-0.1, -0.05) is 60.4 Å². The second kappa shape index (κ2) is 8.50. The van der Waals surface area contributed by atoms with Crippen LogP contribution < -0.4 is 5.56 Å². The van der Waals surface area contributed by atoms with Crippen LogP contribution in [0.15, 0.2) is 89.9 Å². The Bertz CT molecular complexity index is 1320. The van der Waals surface area contributed by atoms with Gasteiger partial charge < -0.3 is 9.67 Å².